The van der Waals surface area contributed by atoms with Crippen molar-refractivity contribution in [2.75, 3.05) is 14.2 Å². The number of thioether (sulfide) groups is 1. The van der Waals surface area contributed by atoms with Gasteiger partial charge in [0.25, 0.3) is 0 Å². The van der Waals surface area contributed by atoms with E-state index in [1.54, 1.807) is 38.1 Å². The molecule has 184 valence electrons. The topological polar surface area (TPSA) is 34.1 Å². The van der Waals surface area contributed by atoms with E-state index in [-0.39, 0.29) is 5.82 Å². The van der Waals surface area contributed by atoms with Crippen molar-refractivity contribution in [1.82, 2.24) is 4.90 Å². The summed E-state index contributed by atoms with van der Waals surface area (Å²) in [5.74, 6) is 2.13. The molecule has 0 unspecified atom stereocenters. The molecule has 0 aliphatic rings. The SMILES string of the molecule is COc1ccc(CN(Cc2ccc(OC)cc2)C(=Nc2ccc(F)cc2)SCc2ccccc2)cc1. The molecular formula is C30H29FN2O2S. The van der Waals surface area contributed by atoms with Gasteiger partial charge >= 0.3 is 0 Å². The minimum Gasteiger partial charge on any atom is -0.497 e. The van der Waals surface area contributed by atoms with Crippen molar-refractivity contribution in [3.05, 3.63) is 126 Å². The molecule has 0 saturated carbocycles. The van der Waals surface area contributed by atoms with Crippen LogP contribution < -0.4 is 9.47 Å². The van der Waals surface area contributed by atoms with Gasteiger partial charge in [-0.25, -0.2) is 9.38 Å². The zero-order chi connectivity index (χ0) is 25.2. The van der Waals surface area contributed by atoms with Crippen molar-refractivity contribution in [2.24, 2.45) is 4.99 Å². The number of hydrogen-bond acceptors (Lipinski definition) is 4. The predicted molar refractivity (Wildman–Crippen MR) is 146 cm³/mol. The van der Waals surface area contributed by atoms with Crippen LogP contribution in [0.1, 0.15) is 16.7 Å². The zero-order valence-electron chi connectivity index (χ0n) is 20.4. The van der Waals surface area contributed by atoms with Crippen LogP contribution in [0.25, 0.3) is 0 Å². The van der Waals surface area contributed by atoms with Crippen LogP contribution in [0.4, 0.5) is 10.1 Å². The van der Waals surface area contributed by atoms with Gasteiger partial charge in [-0.15, -0.1) is 0 Å². The molecule has 6 heteroatoms. The van der Waals surface area contributed by atoms with E-state index in [1.807, 2.05) is 42.5 Å². The third-order valence-corrected chi connectivity index (χ3v) is 6.68. The third-order valence-electron chi connectivity index (χ3n) is 5.60. The molecule has 0 amide bonds. The summed E-state index contributed by atoms with van der Waals surface area (Å²) >= 11 is 1.67. The second kappa shape index (κ2) is 12.8. The molecule has 0 aliphatic heterocycles. The summed E-state index contributed by atoms with van der Waals surface area (Å²) in [6.45, 7) is 1.30. The van der Waals surface area contributed by atoms with E-state index in [2.05, 4.69) is 41.3 Å². The highest BCUT2D eigenvalue weighted by molar-refractivity contribution is 8.13. The quantitative estimate of drug-likeness (QED) is 0.176. The average molecular weight is 501 g/mol. The Hall–Kier alpha value is -3.77. The minimum absolute atomic E-state index is 0.277. The molecule has 0 saturated heterocycles. The number of aliphatic imine (C=N–C) groups is 1. The number of hydrogen-bond donors (Lipinski definition) is 0. The molecule has 0 aliphatic carbocycles. The number of rotatable bonds is 9. The van der Waals surface area contributed by atoms with Crippen molar-refractivity contribution < 1.29 is 13.9 Å². The van der Waals surface area contributed by atoms with Gasteiger partial charge in [0.15, 0.2) is 5.17 Å². The molecule has 0 fully saturated rings. The van der Waals surface area contributed by atoms with Crippen LogP contribution in [0, 0.1) is 5.82 Å². The fraction of sp³-hybridized carbons (Fsp3) is 0.167. The van der Waals surface area contributed by atoms with E-state index in [4.69, 9.17) is 14.5 Å². The maximum absolute atomic E-state index is 13.6. The molecule has 0 radical (unpaired) electrons. The molecule has 36 heavy (non-hydrogen) atoms. The molecule has 0 aromatic heterocycles. The monoisotopic (exact) mass is 500 g/mol. The second-order valence-electron chi connectivity index (χ2n) is 8.20. The lowest BCUT2D eigenvalue weighted by atomic mass is 10.1. The van der Waals surface area contributed by atoms with E-state index in [9.17, 15) is 4.39 Å². The average Bonchev–Trinajstić information content (AvgIpc) is 2.93. The first-order chi connectivity index (χ1) is 17.6. The van der Waals surface area contributed by atoms with Gasteiger partial charge in [-0.2, -0.15) is 0 Å². The predicted octanol–water partition coefficient (Wildman–Crippen LogP) is 7.47. The second-order valence-corrected chi connectivity index (χ2v) is 9.14. The Morgan fingerprint density at radius 2 is 1.22 bits per heavy atom. The minimum atomic E-state index is -0.277. The standard InChI is InChI=1S/C30H29FN2O2S/c1-34-28-16-8-23(9-17-28)20-33(21-24-10-18-29(35-2)19-11-24)30(32-27-14-12-26(31)13-15-27)36-22-25-6-4-3-5-7-25/h3-19H,20-22H2,1-2H3. The first kappa shape index (κ1) is 25.3. The molecule has 0 bridgehead atoms. The smallest absolute Gasteiger partial charge is 0.165 e. The highest BCUT2D eigenvalue weighted by atomic mass is 32.2. The first-order valence-corrected chi connectivity index (χ1v) is 12.6. The molecule has 4 aromatic rings. The van der Waals surface area contributed by atoms with Gasteiger partial charge in [-0.05, 0) is 65.2 Å². The maximum Gasteiger partial charge on any atom is 0.165 e. The molecule has 4 aromatic carbocycles. The first-order valence-electron chi connectivity index (χ1n) is 11.6. The van der Waals surface area contributed by atoms with Crippen molar-refractivity contribution in [3.8, 4) is 11.5 Å². The van der Waals surface area contributed by atoms with Gasteiger partial charge in [-0.3, -0.25) is 0 Å². The van der Waals surface area contributed by atoms with E-state index in [0.29, 0.717) is 18.8 Å². The fourth-order valence-electron chi connectivity index (χ4n) is 3.64. The summed E-state index contributed by atoms with van der Waals surface area (Å²) < 4.78 is 24.2. The van der Waals surface area contributed by atoms with Crippen molar-refractivity contribution in [1.29, 1.82) is 0 Å². The number of nitrogens with zero attached hydrogens (tertiary/aromatic N) is 2. The Morgan fingerprint density at radius 3 is 1.72 bits per heavy atom. The number of amidine groups is 1. The van der Waals surface area contributed by atoms with Crippen LogP contribution in [0.15, 0.2) is 108 Å². The fourth-order valence-corrected chi connectivity index (χ4v) is 4.61. The Morgan fingerprint density at radius 1 is 0.694 bits per heavy atom. The van der Waals surface area contributed by atoms with Gasteiger partial charge < -0.3 is 14.4 Å². The van der Waals surface area contributed by atoms with Crippen molar-refractivity contribution in [3.63, 3.8) is 0 Å². The lowest BCUT2D eigenvalue weighted by Crippen LogP contribution is -2.28. The van der Waals surface area contributed by atoms with E-state index >= 15 is 0 Å². The molecule has 4 rings (SSSR count). The van der Waals surface area contributed by atoms with Crippen LogP contribution >= 0.6 is 11.8 Å². The van der Waals surface area contributed by atoms with E-state index in [1.165, 1.54) is 17.7 Å². The molecule has 0 spiro atoms. The van der Waals surface area contributed by atoms with Gasteiger partial charge in [0.1, 0.15) is 17.3 Å². The molecule has 0 N–H and O–H groups in total. The van der Waals surface area contributed by atoms with Crippen LogP contribution in [-0.4, -0.2) is 24.3 Å². The van der Waals surface area contributed by atoms with Crippen LogP contribution in [0.3, 0.4) is 0 Å². The highest BCUT2D eigenvalue weighted by Crippen LogP contribution is 2.25. The zero-order valence-corrected chi connectivity index (χ0v) is 21.2. The van der Waals surface area contributed by atoms with E-state index in [0.717, 1.165) is 33.5 Å². The summed E-state index contributed by atoms with van der Waals surface area (Å²) in [4.78, 5) is 7.21. The lowest BCUT2D eigenvalue weighted by molar-refractivity contribution is 0.405. The Labute approximate surface area is 216 Å². The Bertz CT molecular complexity index is 1200. The molecular weight excluding hydrogens is 471 g/mol. The van der Waals surface area contributed by atoms with Crippen molar-refractivity contribution in [2.45, 2.75) is 18.8 Å². The number of benzene rings is 4. The number of methoxy groups -OCH3 is 2. The molecule has 4 nitrogen and oxygen atoms in total. The van der Waals surface area contributed by atoms with Crippen LogP contribution in [0.5, 0.6) is 11.5 Å². The summed E-state index contributed by atoms with van der Waals surface area (Å²) in [5.41, 5.74) is 4.19. The number of halogens is 1. The molecule has 0 atom stereocenters. The van der Waals surface area contributed by atoms with Crippen LogP contribution in [-0.2, 0) is 18.8 Å². The third kappa shape index (κ3) is 7.36. The van der Waals surface area contributed by atoms with E-state index < -0.39 is 0 Å². The Kier molecular flexibility index (Phi) is 9.00. The normalized spacial score (nSPS) is 11.2. The van der Waals surface area contributed by atoms with Crippen molar-refractivity contribution >= 4 is 22.6 Å². The summed E-state index contributed by atoms with van der Waals surface area (Å²) in [5, 5.41) is 0.858. The lowest BCUT2D eigenvalue weighted by Gasteiger charge is -2.26. The Balaban J connectivity index is 1.67. The largest absolute Gasteiger partial charge is 0.497 e. The van der Waals surface area contributed by atoms with Crippen LogP contribution in [0.2, 0.25) is 0 Å². The maximum atomic E-state index is 13.6. The molecule has 0 heterocycles. The summed E-state index contributed by atoms with van der Waals surface area (Å²) in [6.07, 6.45) is 0. The van der Waals surface area contributed by atoms with Gasteiger partial charge in [-0.1, -0.05) is 66.4 Å². The van der Waals surface area contributed by atoms with Gasteiger partial charge in [0, 0.05) is 18.8 Å². The summed E-state index contributed by atoms with van der Waals surface area (Å²) in [6, 6.07) is 32.7. The van der Waals surface area contributed by atoms with Gasteiger partial charge in [0.05, 0.1) is 19.9 Å². The van der Waals surface area contributed by atoms with Gasteiger partial charge in [0.2, 0.25) is 0 Å². The number of ether oxygens (including phenoxy) is 2. The summed E-state index contributed by atoms with van der Waals surface area (Å²) in [7, 11) is 3.33. The highest BCUT2D eigenvalue weighted by Gasteiger charge is 2.15.